The first-order valence-corrected chi connectivity index (χ1v) is 15.1. The average Bonchev–Trinajstić information content (AvgIpc) is 3.08. The van der Waals surface area contributed by atoms with Gasteiger partial charge in [-0.1, -0.05) is 23.7 Å². The normalized spacial score (nSPS) is 10.7. The van der Waals surface area contributed by atoms with E-state index in [1.807, 2.05) is 24.3 Å². The second-order valence-corrected chi connectivity index (χ2v) is 10.4. The lowest BCUT2D eigenvalue weighted by molar-refractivity contribution is -0.136. The highest BCUT2D eigenvalue weighted by atomic mass is 19.4. The third-order valence-electron chi connectivity index (χ3n) is 6.77. The van der Waals surface area contributed by atoms with Gasteiger partial charge in [0, 0.05) is 41.0 Å². The van der Waals surface area contributed by atoms with E-state index in [9.17, 15) is 18.0 Å². The molecule has 242 valence electrons. The molecular formula is C38H34F3NO5. The Morgan fingerprint density at radius 2 is 1.04 bits per heavy atom. The van der Waals surface area contributed by atoms with Gasteiger partial charge < -0.3 is 25.0 Å². The van der Waals surface area contributed by atoms with Gasteiger partial charge in [0.15, 0.2) is 0 Å². The van der Waals surface area contributed by atoms with Gasteiger partial charge in [0.1, 0.15) is 11.5 Å². The smallest absolute Gasteiger partial charge is 0.418 e. The third-order valence-corrected chi connectivity index (χ3v) is 6.77. The van der Waals surface area contributed by atoms with Gasteiger partial charge in [0.05, 0.1) is 24.5 Å². The summed E-state index contributed by atoms with van der Waals surface area (Å²) in [5, 5.41) is 20.0. The van der Waals surface area contributed by atoms with Crippen LogP contribution >= 0.6 is 0 Å². The molecule has 9 heteroatoms. The number of rotatable bonds is 12. The summed E-state index contributed by atoms with van der Waals surface area (Å²) in [6.45, 7) is 1.23. The maximum absolute atomic E-state index is 14.0. The first-order chi connectivity index (χ1) is 22.7. The SMILES string of the molecule is O=C(Nc1ccc(C#Cc2ccc(OCCCCO)cc2)cc1C(F)(F)F)c1ccc(C#Cc2ccc(OCCCCO)cc2)cc1. The topological polar surface area (TPSA) is 88.0 Å². The van der Waals surface area contributed by atoms with Gasteiger partial charge in [-0.05, 0) is 117 Å². The Kier molecular flexibility index (Phi) is 12.9. The number of halogens is 3. The second kappa shape index (κ2) is 17.5. The van der Waals surface area contributed by atoms with Crippen LogP contribution < -0.4 is 14.8 Å². The molecule has 6 nitrogen and oxygen atoms in total. The lowest BCUT2D eigenvalue weighted by atomic mass is 10.1. The molecule has 4 aromatic rings. The summed E-state index contributed by atoms with van der Waals surface area (Å²) >= 11 is 0. The quantitative estimate of drug-likeness (QED) is 0.114. The number of hydrogen-bond acceptors (Lipinski definition) is 5. The van der Waals surface area contributed by atoms with E-state index in [2.05, 4.69) is 29.0 Å². The molecule has 0 spiro atoms. The standard InChI is InChI=1S/C38H34F3NO5/c39-38(40,41)35-27-31(8-7-30-13-20-34(21-14-30)47-26-4-2-24-44)15-22-36(35)42-37(45)32-16-9-28(10-17-32)5-6-29-11-18-33(19-12-29)46-25-3-1-23-43/h9-22,27,43-44H,1-4,23-26H2,(H,42,45). The number of nitrogens with one attached hydrogen (secondary N) is 1. The predicted octanol–water partition coefficient (Wildman–Crippen LogP) is 7.06. The lowest BCUT2D eigenvalue weighted by Crippen LogP contribution is -2.17. The molecule has 1 amide bonds. The lowest BCUT2D eigenvalue weighted by Gasteiger charge is -2.14. The fraction of sp³-hybridized carbons (Fsp3) is 0.237. The van der Waals surface area contributed by atoms with E-state index in [0.717, 1.165) is 24.5 Å². The molecular weight excluding hydrogens is 607 g/mol. The largest absolute Gasteiger partial charge is 0.494 e. The Morgan fingerprint density at radius 1 is 0.617 bits per heavy atom. The summed E-state index contributed by atoms with van der Waals surface area (Å²) in [5.74, 6) is 12.3. The van der Waals surface area contributed by atoms with Gasteiger partial charge in [-0.3, -0.25) is 4.79 Å². The summed E-state index contributed by atoms with van der Waals surface area (Å²) in [6, 6.07) is 23.9. The van der Waals surface area contributed by atoms with Crippen LogP contribution in [0.4, 0.5) is 18.9 Å². The number of benzene rings is 4. The highest BCUT2D eigenvalue weighted by molar-refractivity contribution is 6.04. The Morgan fingerprint density at radius 3 is 1.49 bits per heavy atom. The number of aliphatic hydroxyl groups is 2. The van der Waals surface area contributed by atoms with Crippen LogP contribution in [0.1, 0.15) is 63.9 Å². The molecule has 0 aliphatic carbocycles. The van der Waals surface area contributed by atoms with Crippen LogP contribution in [0.5, 0.6) is 11.5 Å². The van der Waals surface area contributed by atoms with Crippen molar-refractivity contribution >= 4 is 11.6 Å². The number of ether oxygens (including phenoxy) is 2. The molecule has 0 fully saturated rings. The second-order valence-electron chi connectivity index (χ2n) is 10.4. The van der Waals surface area contributed by atoms with Crippen LogP contribution in [0.2, 0.25) is 0 Å². The molecule has 4 aromatic carbocycles. The van der Waals surface area contributed by atoms with Crippen molar-refractivity contribution in [1.82, 2.24) is 0 Å². The molecule has 0 heterocycles. The molecule has 0 unspecified atom stereocenters. The van der Waals surface area contributed by atoms with Crippen LogP contribution in [0.15, 0.2) is 91.0 Å². The predicted molar refractivity (Wildman–Crippen MR) is 174 cm³/mol. The van der Waals surface area contributed by atoms with Crippen molar-refractivity contribution in [1.29, 1.82) is 0 Å². The summed E-state index contributed by atoms with van der Waals surface area (Å²) in [6.07, 6.45) is -1.90. The number of hydrogen-bond donors (Lipinski definition) is 3. The monoisotopic (exact) mass is 641 g/mol. The van der Waals surface area contributed by atoms with Gasteiger partial charge in [0.2, 0.25) is 0 Å². The fourth-order valence-electron chi connectivity index (χ4n) is 4.23. The molecule has 0 bridgehead atoms. The van der Waals surface area contributed by atoms with E-state index in [1.165, 1.54) is 24.3 Å². The molecule has 0 saturated carbocycles. The van der Waals surface area contributed by atoms with Crippen molar-refractivity contribution in [3.8, 4) is 35.2 Å². The average molecular weight is 642 g/mol. The molecule has 0 atom stereocenters. The first kappa shape index (κ1) is 34.6. The number of amides is 1. The van der Waals surface area contributed by atoms with Crippen LogP contribution in [0.3, 0.4) is 0 Å². The van der Waals surface area contributed by atoms with Gasteiger partial charge in [-0.15, -0.1) is 0 Å². The summed E-state index contributed by atoms with van der Waals surface area (Å²) in [7, 11) is 0. The molecule has 0 aliphatic heterocycles. The van der Waals surface area contributed by atoms with Gasteiger partial charge >= 0.3 is 6.18 Å². The molecule has 0 saturated heterocycles. The third kappa shape index (κ3) is 11.3. The van der Waals surface area contributed by atoms with Crippen LogP contribution in [0, 0.1) is 23.7 Å². The summed E-state index contributed by atoms with van der Waals surface area (Å²) in [5.41, 5.74) is 0.925. The highest BCUT2D eigenvalue weighted by Gasteiger charge is 2.34. The zero-order chi connectivity index (χ0) is 33.5. The van der Waals surface area contributed by atoms with E-state index < -0.39 is 17.6 Å². The highest BCUT2D eigenvalue weighted by Crippen LogP contribution is 2.35. The molecule has 47 heavy (non-hydrogen) atoms. The Balaban J connectivity index is 1.38. The van der Waals surface area contributed by atoms with E-state index in [-0.39, 0.29) is 30.0 Å². The molecule has 0 aromatic heterocycles. The van der Waals surface area contributed by atoms with Gasteiger partial charge in [-0.25, -0.2) is 0 Å². The van der Waals surface area contributed by atoms with Crippen molar-refractivity contribution in [3.63, 3.8) is 0 Å². The van der Waals surface area contributed by atoms with E-state index in [4.69, 9.17) is 19.7 Å². The minimum atomic E-state index is -4.72. The minimum Gasteiger partial charge on any atom is -0.494 e. The number of alkyl halides is 3. The van der Waals surface area contributed by atoms with Crippen LogP contribution in [-0.2, 0) is 6.18 Å². The zero-order valence-electron chi connectivity index (χ0n) is 25.6. The minimum absolute atomic E-state index is 0.106. The maximum Gasteiger partial charge on any atom is 0.418 e. The molecule has 3 N–H and O–H groups in total. The number of carbonyl (C=O) groups is 1. The van der Waals surface area contributed by atoms with E-state index >= 15 is 0 Å². The molecule has 0 radical (unpaired) electrons. The first-order valence-electron chi connectivity index (χ1n) is 15.1. The van der Waals surface area contributed by atoms with Gasteiger partial charge in [0.25, 0.3) is 5.91 Å². The number of carbonyl (C=O) groups excluding carboxylic acids is 1. The van der Waals surface area contributed by atoms with Crippen LogP contribution in [0.25, 0.3) is 0 Å². The zero-order valence-corrected chi connectivity index (χ0v) is 25.6. The molecule has 0 aliphatic rings. The van der Waals surface area contributed by atoms with E-state index in [0.29, 0.717) is 48.7 Å². The Labute approximate surface area is 272 Å². The van der Waals surface area contributed by atoms with Gasteiger partial charge in [-0.2, -0.15) is 13.2 Å². The number of anilines is 1. The van der Waals surface area contributed by atoms with Crippen molar-refractivity contribution in [2.45, 2.75) is 31.9 Å². The summed E-state index contributed by atoms with van der Waals surface area (Å²) < 4.78 is 53.1. The fourth-order valence-corrected chi connectivity index (χ4v) is 4.23. The Bertz CT molecular complexity index is 1730. The maximum atomic E-state index is 14.0. The van der Waals surface area contributed by atoms with Crippen molar-refractivity contribution < 1.29 is 37.7 Å². The van der Waals surface area contributed by atoms with Crippen LogP contribution in [-0.4, -0.2) is 42.5 Å². The summed E-state index contributed by atoms with van der Waals surface area (Å²) in [4.78, 5) is 12.9. The van der Waals surface area contributed by atoms with E-state index in [1.54, 1.807) is 36.4 Å². The van der Waals surface area contributed by atoms with Crippen molar-refractivity contribution in [2.75, 3.05) is 31.7 Å². The van der Waals surface area contributed by atoms with Crippen molar-refractivity contribution in [3.05, 3.63) is 124 Å². The number of aliphatic hydroxyl groups excluding tert-OH is 2. The van der Waals surface area contributed by atoms with Crippen molar-refractivity contribution in [2.24, 2.45) is 0 Å². The molecule has 4 rings (SSSR count). The Hall–Kier alpha value is -5.22. The number of unbranched alkanes of at least 4 members (excludes halogenated alkanes) is 2.